The van der Waals surface area contributed by atoms with Gasteiger partial charge in [0.15, 0.2) is 0 Å². The number of para-hydroxylation sites is 2. The van der Waals surface area contributed by atoms with Gasteiger partial charge in [0.2, 0.25) is 5.91 Å². The maximum atomic E-state index is 12.5. The zero-order chi connectivity index (χ0) is 19.2. The number of benzene rings is 2. The van der Waals surface area contributed by atoms with E-state index in [-0.39, 0.29) is 12.5 Å². The third-order valence-corrected chi connectivity index (χ3v) is 4.35. The number of ether oxygens (including phenoxy) is 1. The number of nitrogens with zero attached hydrogens (tertiary/aromatic N) is 1. The van der Waals surface area contributed by atoms with Gasteiger partial charge in [-0.25, -0.2) is 4.79 Å². The predicted octanol–water partition coefficient (Wildman–Crippen LogP) is 2.19. The van der Waals surface area contributed by atoms with E-state index in [2.05, 4.69) is 10.6 Å². The second-order valence-corrected chi connectivity index (χ2v) is 6.20. The van der Waals surface area contributed by atoms with Crippen LogP contribution in [0.15, 0.2) is 54.6 Å². The first-order valence-corrected chi connectivity index (χ1v) is 8.67. The van der Waals surface area contributed by atoms with Crippen molar-refractivity contribution in [2.45, 2.75) is 18.9 Å². The maximum Gasteiger partial charge on any atom is 0.325 e. The molecule has 0 aliphatic carbocycles. The molecule has 0 aromatic heterocycles. The number of hydrogen-bond donors (Lipinski definition) is 2. The summed E-state index contributed by atoms with van der Waals surface area (Å²) in [5, 5.41) is 5.31. The van der Waals surface area contributed by atoms with Crippen molar-refractivity contribution >= 4 is 23.5 Å². The van der Waals surface area contributed by atoms with E-state index >= 15 is 0 Å². The smallest absolute Gasteiger partial charge is 0.325 e. The third-order valence-electron chi connectivity index (χ3n) is 4.35. The van der Waals surface area contributed by atoms with Crippen LogP contribution in [0, 0.1) is 0 Å². The molecule has 4 amide bonds. The van der Waals surface area contributed by atoms with Gasteiger partial charge in [0.25, 0.3) is 5.91 Å². The number of amides is 4. The first-order chi connectivity index (χ1) is 13.1. The van der Waals surface area contributed by atoms with Crippen molar-refractivity contribution in [2.75, 3.05) is 19.0 Å². The Morgan fingerprint density at radius 3 is 2.56 bits per heavy atom. The fourth-order valence-corrected chi connectivity index (χ4v) is 2.96. The molecule has 0 radical (unpaired) electrons. The summed E-state index contributed by atoms with van der Waals surface area (Å²) < 4.78 is 5.17. The number of carbonyl (C=O) groups excluding carboxylic acids is 3. The van der Waals surface area contributed by atoms with Crippen molar-refractivity contribution in [2.24, 2.45) is 0 Å². The molecule has 2 N–H and O–H groups in total. The summed E-state index contributed by atoms with van der Waals surface area (Å²) in [4.78, 5) is 37.8. The van der Waals surface area contributed by atoms with Crippen LogP contribution in [0.4, 0.5) is 10.5 Å². The first kappa shape index (κ1) is 18.4. The van der Waals surface area contributed by atoms with Gasteiger partial charge in [-0.2, -0.15) is 0 Å². The van der Waals surface area contributed by atoms with Gasteiger partial charge in [0.05, 0.1) is 12.8 Å². The number of nitrogens with one attached hydrogen (secondary N) is 2. The molecule has 0 unspecified atom stereocenters. The number of rotatable bonds is 7. The summed E-state index contributed by atoms with van der Waals surface area (Å²) in [6.45, 7) is -0.343. The molecule has 0 bridgehead atoms. The lowest BCUT2D eigenvalue weighted by Crippen LogP contribution is -2.38. The highest BCUT2D eigenvalue weighted by atomic mass is 16.5. The van der Waals surface area contributed by atoms with Crippen LogP contribution in [0.25, 0.3) is 0 Å². The van der Waals surface area contributed by atoms with Crippen LogP contribution in [0.2, 0.25) is 0 Å². The van der Waals surface area contributed by atoms with E-state index < -0.39 is 18.0 Å². The Balaban J connectivity index is 1.57. The fourth-order valence-electron chi connectivity index (χ4n) is 2.96. The van der Waals surface area contributed by atoms with Crippen LogP contribution in [-0.2, 0) is 16.0 Å². The summed E-state index contributed by atoms with van der Waals surface area (Å²) in [5.41, 5.74) is 1.57. The lowest BCUT2D eigenvalue weighted by Gasteiger charge is -2.14. The van der Waals surface area contributed by atoms with E-state index in [0.29, 0.717) is 24.3 Å². The van der Waals surface area contributed by atoms with Crippen LogP contribution >= 0.6 is 0 Å². The topological polar surface area (TPSA) is 87.7 Å². The SMILES string of the molecule is COc1ccccc1NC(=O)CN1C(=O)N[C@H](CCc2ccccc2)C1=O. The molecule has 0 spiro atoms. The molecule has 1 fully saturated rings. The summed E-state index contributed by atoms with van der Waals surface area (Å²) in [6.07, 6.45) is 1.15. The second kappa shape index (κ2) is 8.35. The fraction of sp³-hybridized carbons (Fsp3) is 0.250. The summed E-state index contributed by atoms with van der Waals surface area (Å²) in [6, 6.07) is 15.5. The normalized spacial score (nSPS) is 16.2. The molecule has 27 heavy (non-hydrogen) atoms. The van der Waals surface area contributed by atoms with E-state index in [0.717, 1.165) is 10.5 Å². The van der Waals surface area contributed by atoms with E-state index in [4.69, 9.17) is 4.74 Å². The molecular formula is C20H21N3O4. The minimum atomic E-state index is -0.614. The number of anilines is 1. The number of aryl methyl sites for hydroxylation is 1. The van der Waals surface area contributed by atoms with Gasteiger partial charge in [-0.1, -0.05) is 42.5 Å². The van der Waals surface area contributed by atoms with E-state index in [9.17, 15) is 14.4 Å². The zero-order valence-corrected chi connectivity index (χ0v) is 15.0. The molecule has 1 aliphatic rings. The third kappa shape index (κ3) is 4.44. The minimum Gasteiger partial charge on any atom is -0.495 e. The number of carbonyl (C=O) groups is 3. The summed E-state index contributed by atoms with van der Waals surface area (Å²) in [7, 11) is 1.50. The van der Waals surface area contributed by atoms with Gasteiger partial charge in [-0.15, -0.1) is 0 Å². The van der Waals surface area contributed by atoms with E-state index in [1.807, 2.05) is 30.3 Å². The number of imide groups is 1. The largest absolute Gasteiger partial charge is 0.495 e. The molecular weight excluding hydrogens is 346 g/mol. The van der Waals surface area contributed by atoms with Gasteiger partial charge in [0.1, 0.15) is 18.3 Å². The molecule has 0 saturated carbocycles. The van der Waals surface area contributed by atoms with Crippen LogP contribution in [0.3, 0.4) is 0 Å². The maximum absolute atomic E-state index is 12.5. The highest BCUT2D eigenvalue weighted by Gasteiger charge is 2.38. The number of urea groups is 1. The zero-order valence-electron chi connectivity index (χ0n) is 15.0. The Bertz CT molecular complexity index is 838. The van der Waals surface area contributed by atoms with Crippen LogP contribution in [0.5, 0.6) is 5.75 Å². The Kier molecular flexibility index (Phi) is 5.71. The molecule has 3 rings (SSSR count). The van der Waals surface area contributed by atoms with Crippen molar-refractivity contribution < 1.29 is 19.1 Å². The lowest BCUT2D eigenvalue weighted by atomic mass is 10.1. The van der Waals surface area contributed by atoms with Gasteiger partial charge >= 0.3 is 6.03 Å². The molecule has 2 aromatic rings. The monoisotopic (exact) mass is 367 g/mol. The minimum absolute atomic E-state index is 0.343. The van der Waals surface area contributed by atoms with Crippen molar-refractivity contribution in [3.8, 4) is 5.75 Å². The Hall–Kier alpha value is -3.35. The lowest BCUT2D eigenvalue weighted by molar-refractivity contribution is -0.130. The number of hydrogen-bond acceptors (Lipinski definition) is 4. The molecule has 140 valence electrons. The average Bonchev–Trinajstić information content (AvgIpc) is 2.95. The number of methoxy groups -OCH3 is 1. The highest BCUT2D eigenvalue weighted by molar-refractivity contribution is 6.08. The van der Waals surface area contributed by atoms with Gasteiger partial charge in [-0.3, -0.25) is 14.5 Å². The van der Waals surface area contributed by atoms with Crippen LogP contribution in [0.1, 0.15) is 12.0 Å². The summed E-state index contributed by atoms with van der Waals surface area (Å²) >= 11 is 0. The second-order valence-electron chi connectivity index (χ2n) is 6.20. The summed E-state index contributed by atoms with van der Waals surface area (Å²) in [5.74, 6) is -0.346. The molecule has 1 heterocycles. The van der Waals surface area contributed by atoms with Gasteiger partial charge < -0.3 is 15.4 Å². The molecule has 1 aliphatic heterocycles. The average molecular weight is 367 g/mol. The highest BCUT2D eigenvalue weighted by Crippen LogP contribution is 2.23. The van der Waals surface area contributed by atoms with Crippen molar-refractivity contribution in [3.05, 3.63) is 60.2 Å². The van der Waals surface area contributed by atoms with Crippen molar-refractivity contribution in [3.63, 3.8) is 0 Å². The Morgan fingerprint density at radius 1 is 1.11 bits per heavy atom. The predicted molar refractivity (Wildman–Crippen MR) is 100 cm³/mol. The molecule has 2 aromatic carbocycles. The molecule has 7 nitrogen and oxygen atoms in total. The van der Waals surface area contributed by atoms with E-state index in [1.165, 1.54) is 7.11 Å². The standard InChI is InChI=1S/C20H21N3O4/c1-27-17-10-6-5-9-15(17)21-18(24)13-23-19(25)16(22-20(23)26)12-11-14-7-3-2-4-8-14/h2-10,16H,11-13H2,1H3,(H,21,24)(H,22,26)/t16-/m1/s1. The van der Waals surface area contributed by atoms with Gasteiger partial charge in [-0.05, 0) is 30.5 Å². The molecule has 1 saturated heterocycles. The molecule has 7 heteroatoms. The van der Waals surface area contributed by atoms with Crippen LogP contribution < -0.4 is 15.4 Å². The van der Waals surface area contributed by atoms with Crippen molar-refractivity contribution in [1.29, 1.82) is 0 Å². The molecule has 1 atom stereocenters. The Morgan fingerprint density at radius 2 is 1.81 bits per heavy atom. The first-order valence-electron chi connectivity index (χ1n) is 8.67. The Labute approximate surface area is 157 Å². The van der Waals surface area contributed by atoms with Crippen molar-refractivity contribution in [1.82, 2.24) is 10.2 Å². The van der Waals surface area contributed by atoms with Crippen LogP contribution in [-0.4, -0.2) is 42.4 Å². The van der Waals surface area contributed by atoms with E-state index in [1.54, 1.807) is 24.3 Å². The van der Waals surface area contributed by atoms with Gasteiger partial charge in [0, 0.05) is 0 Å². The quantitative estimate of drug-likeness (QED) is 0.735.